The van der Waals surface area contributed by atoms with E-state index in [1.54, 1.807) is 12.1 Å². The second kappa shape index (κ2) is 5.71. The van der Waals surface area contributed by atoms with Crippen LogP contribution in [0.25, 0.3) is 10.8 Å². The van der Waals surface area contributed by atoms with E-state index >= 15 is 0 Å². The number of benzene rings is 2. The van der Waals surface area contributed by atoms with E-state index in [9.17, 15) is 9.90 Å². The number of aliphatic hydroxyl groups excluding tert-OH is 1. The van der Waals surface area contributed by atoms with E-state index in [-0.39, 0.29) is 29.9 Å². The van der Waals surface area contributed by atoms with Crippen LogP contribution in [0.3, 0.4) is 0 Å². The average molecular weight is 259 g/mol. The molecule has 0 aliphatic heterocycles. The van der Waals surface area contributed by atoms with E-state index in [1.165, 1.54) is 0 Å². The highest BCUT2D eigenvalue weighted by molar-refractivity contribution is 6.01. The summed E-state index contributed by atoms with van der Waals surface area (Å²) in [7, 11) is 0. The van der Waals surface area contributed by atoms with E-state index in [4.69, 9.17) is 5.11 Å². The fourth-order valence-electron chi connectivity index (χ4n) is 1.95. The SMILES string of the molecule is CCC(CO)NC(=O)c1cc2ccccc2cc1O. The van der Waals surface area contributed by atoms with Crippen LogP contribution in [0.15, 0.2) is 36.4 Å². The maximum Gasteiger partial charge on any atom is 0.255 e. The highest BCUT2D eigenvalue weighted by Crippen LogP contribution is 2.24. The van der Waals surface area contributed by atoms with E-state index in [1.807, 2.05) is 31.2 Å². The number of aromatic hydroxyl groups is 1. The second-order valence-electron chi connectivity index (χ2n) is 4.48. The van der Waals surface area contributed by atoms with Gasteiger partial charge in [0.2, 0.25) is 0 Å². The fraction of sp³-hybridized carbons (Fsp3) is 0.267. The molecule has 4 nitrogen and oxygen atoms in total. The largest absolute Gasteiger partial charge is 0.507 e. The Hall–Kier alpha value is -2.07. The zero-order valence-electron chi connectivity index (χ0n) is 10.8. The maximum atomic E-state index is 12.1. The molecule has 3 N–H and O–H groups in total. The lowest BCUT2D eigenvalue weighted by molar-refractivity contribution is 0.0912. The first kappa shape index (κ1) is 13.4. The van der Waals surface area contributed by atoms with Crippen molar-refractivity contribution in [2.24, 2.45) is 0 Å². The molecule has 0 spiro atoms. The van der Waals surface area contributed by atoms with Gasteiger partial charge >= 0.3 is 0 Å². The molecule has 0 aliphatic carbocycles. The summed E-state index contributed by atoms with van der Waals surface area (Å²) in [5.41, 5.74) is 0.227. The third-order valence-electron chi connectivity index (χ3n) is 3.16. The van der Waals surface area contributed by atoms with Crippen LogP contribution >= 0.6 is 0 Å². The molecule has 0 fully saturated rings. The normalized spacial score (nSPS) is 12.3. The van der Waals surface area contributed by atoms with Gasteiger partial charge in [-0.05, 0) is 29.3 Å². The number of rotatable bonds is 4. The first-order chi connectivity index (χ1) is 9.15. The molecule has 4 heteroatoms. The van der Waals surface area contributed by atoms with Crippen LogP contribution in [0, 0.1) is 0 Å². The Kier molecular flexibility index (Phi) is 4.02. The number of hydrogen-bond acceptors (Lipinski definition) is 3. The Morgan fingerprint density at radius 3 is 2.47 bits per heavy atom. The third-order valence-corrected chi connectivity index (χ3v) is 3.16. The molecule has 0 radical (unpaired) electrons. The minimum atomic E-state index is -0.371. The van der Waals surface area contributed by atoms with Gasteiger partial charge in [-0.15, -0.1) is 0 Å². The lowest BCUT2D eigenvalue weighted by Crippen LogP contribution is -2.36. The van der Waals surface area contributed by atoms with Gasteiger partial charge < -0.3 is 15.5 Å². The fourth-order valence-corrected chi connectivity index (χ4v) is 1.95. The molecule has 0 heterocycles. The summed E-state index contributed by atoms with van der Waals surface area (Å²) in [5.74, 6) is -0.423. The van der Waals surface area contributed by atoms with Gasteiger partial charge in [-0.25, -0.2) is 0 Å². The van der Waals surface area contributed by atoms with E-state index in [0.717, 1.165) is 10.8 Å². The van der Waals surface area contributed by atoms with Gasteiger partial charge in [0.1, 0.15) is 5.75 Å². The molecule has 1 atom stereocenters. The van der Waals surface area contributed by atoms with Gasteiger partial charge in [-0.1, -0.05) is 31.2 Å². The molecular formula is C15H17NO3. The number of phenols is 1. The van der Waals surface area contributed by atoms with Crippen LogP contribution in [0.1, 0.15) is 23.7 Å². The third kappa shape index (κ3) is 2.85. The molecular weight excluding hydrogens is 242 g/mol. The summed E-state index contributed by atoms with van der Waals surface area (Å²) in [6.07, 6.45) is 0.635. The zero-order valence-corrected chi connectivity index (χ0v) is 10.8. The molecule has 2 rings (SSSR count). The predicted molar refractivity (Wildman–Crippen MR) is 74.2 cm³/mol. The molecule has 0 aromatic heterocycles. The number of nitrogens with one attached hydrogen (secondary N) is 1. The van der Waals surface area contributed by atoms with Crippen molar-refractivity contribution in [1.29, 1.82) is 0 Å². The van der Waals surface area contributed by atoms with Crippen LogP contribution in [0.2, 0.25) is 0 Å². The van der Waals surface area contributed by atoms with Gasteiger partial charge in [0.25, 0.3) is 5.91 Å². The van der Waals surface area contributed by atoms with Crippen molar-refractivity contribution in [3.8, 4) is 5.75 Å². The molecule has 1 amide bonds. The number of carbonyl (C=O) groups is 1. The van der Waals surface area contributed by atoms with Gasteiger partial charge in [0.15, 0.2) is 0 Å². The monoisotopic (exact) mass is 259 g/mol. The molecule has 100 valence electrons. The van der Waals surface area contributed by atoms with Gasteiger partial charge in [-0.2, -0.15) is 0 Å². The summed E-state index contributed by atoms with van der Waals surface area (Å²) in [5, 5.41) is 23.5. The van der Waals surface area contributed by atoms with Crippen molar-refractivity contribution < 1.29 is 15.0 Å². The summed E-state index contributed by atoms with van der Waals surface area (Å²) in [4.78, 5) is 12.1. The molecule has 0 saturated heterocycles. The van der Waals surface area contributed by atoms with Gasteiger partial charge in [-0.3, -0.25) is 4.79 Å². The predicted octanol–water partition coefficient (Wildman–Crippen LogP) is 2.05. The number of amides is 1. The first-order valence-corrected chi connectivity index (χ1v) is 6.29. The Balaban J connectivity index is 2.33. The molecule has 19 heavy (non-hydrogen) atoms. The lowest BCUT2D eigenvalue weighted by atomic mass is 10.0. The van der Waals surface area contributed by atoms with Crippen LogP contribution in [-0.4, -0.2) is 28.8 Å². The number of carbonyl (C=O) groups excluding carboxylic acids is 1. The van der Waals surface area contributed by atoms with Crippen LogP contribution in [-0.2, 0) is 0 Å². The second-order valence-corrected chi connectivity index (χ2v) is 4.48. The summed E-state index contributed by atoms with van der Waals surface area (Å²) < 4.78 is 0. The number of hydrogen-bond donors (Lipinski definition) is 3. The molecule has 0 aliphatic rings. The zero-order chi connectivity index (χ0) is 13.8. The van der Waals surface area contributed by atoms with Crippen molar-refractivity contribution in [2.45, 2.75) is 19.4 Å². The van der Waals surface area contributed by atoms with Crippen molar-refractivity contribution in [1.82, 2.24) is 5.32 Å². The van der Waals surface area contributed by atoms with E-state index < -0.39 is 0 Å². The highest BCUT2D eigenvalue weighted by atomic mass is 16.3. The summed E-state index contributed by atoms with van der Waals surface area (Å²) in [6, 6.07) is 10.4. The topological polar surface area (TPSA) is 69.6 Å². The van der Waals surface area contributed by atoms with Crippen molar-refractivity contribution in [3.05, 3.63) is 42.0 Å². The molecule has 1 unspecified atom stereocenters. The number of aliphatic hydroxyl groups is 1. The van der Waals surface area contributed by atoms with Crippen LogP contribution in [0.4, 0.5) is 0 Å². The smallest absolute Gasteiger partial charge is 0.255 e. The lowest BCUT2D eigenvalue weighted by Gasteiger charge is -2.15. The highest BCUT2D eigenvalue weighted by Gasteiger charge is 2.15. The van der Waals surface area contributed by atoms with Crippen LogP contribution in [0.5, 0.6) is 5.75 Å². The molecule has 2 aromatic carbocycles. The number of phenolic OH excluding ortho intramolecular Hbond substituents is 1. The molecule has 0 bridgehead atoms. The Morgan fingerprint density at radius 2 is 1.89 bits per heavy atom. The average Bonchev–Trinajstić information content (AvgIpc) is 2.43. The van der Waals surface area contributed by atoms with Gasteiger partial charge in [0.05, 0.1) is 18.2 Å². The van der Waals surface area contributed by atoms with Crippen LogP contribution < -0.4 is 5.32 Å². The minimum Gasteiger partial charge on any atom is -0.507 e. The van der Waals surface area contributed by atoms with E-state index in [0.29, 0.717) is 6.42 Å². The quantitative estimate of drug-likeness (QED) is 0.787. The molecule has 0 saturated carbocycles. The van der Waals surface area contributed by atoms with Crippen molar-refractivity contribution >= 4 is 16.7 Å². The standard InChI is InChI=1S/C15H17NO3/c1-2-12(9-17)16-15(19)13-7-10-5-3-4-6-11(10)8-14(13)18/h3-8,12,17-18H,2,9H2,1H3,(H,16,19). The Morgan fingerprint density at radius 1 is 1.26 bits per heavy atom. The summed E-state index contributed by atoms with van der Waals surface area (Å²) >= 11 is 0. The molecule has 2 aromatic rings. The van der Waals surface area contributed by atoms with Crippen molar-refractivity contribution in [2.75, 3.05) is 6.61 Å². The van der Waals surface area contributed by atoms with Gasteiger partial charge in [0, 0.05) is 0 Å². The Bertz CT molecular complexity index is 591. The number of fused-ring (bicyclic) bond motifs is 1. The van der Waals surface area contributed by atoms with Crippen molar-refractivity contribution in [3.63, 3.8) is 0 Å². The van der Waals surface area contributed by atoms with E-state index in [2.05, 4.69) is 5.32 Å². The summed E-state index contributed by atoms with van der Waals surface area (Å²) in [6.45, 7) is 1.76. The minimum absolute atomic E-state index is 0.0519. The maximum absolute atomic E-state index is 12.1. The Labute approximate surface area is 111 Å². The first-order valence-electron chi connectivity index (χ1n) is 6.29.